The number of hydrogen-bond donors (Lipinski definition) is 3. The molecule has 0 aliphatic rings. The van der Waals surface area contributed by atoms with Crippen LogP contribution in [0.5, 0.6) is 5.75 Å². The largest absolute Gasteiger partial charge is 0.495 e. The molecule has 0 heterocycles. The summed E-state index contributed by atoms with van der Waals surface area (Å²) in [6, 6.07) is 10.0. The molecule has 9 nitrogen and oxygen atoms in total. The van der Waals surface area contributed by atoms with Gasteiger partial charge in [0.05, 0.1) is 35.5 Å². The Morgan fingerprint density at radius 2 is 1.66 bits per heavy atom. The zero-order valence-corrected chi connectivity index (χ0v) is 19.4. The average molecular weight is 462 g/mol. The molecule has 2 rings (SSSR count). The number of amides is 2. The third kappa shape index (κ3) is 6.30. The van der Waals surface area contributed by atoms with Crippen LogP contribution in [0.4, 0.5) is 11.4 Å². The van der Waals surface area contributed by atoms with Gasteiger partial charge in [0.25, 0.3) is 15.9 Å². The van der Waals surface area contributed by atoms with E-state index in [1.165, 1.54) is 44.4 Å². The van der Waals surface area contributed by atoms with E-state index in [2.05, 4.69) is 15.4 Å². The zero-order valence-electron chi connectivity index (χ0n) is 18.6. The summed E-state index contributed by atoms with van der Waals surface area (Å²) in [5.41, 5.74) is -0.318. The lowest BCUT2D eigenvalue weighted by Gasteiger charge is -2.17. The van der Waals surface area contributed by atoms with Crippen molar-refractivity contribution in [1.29, 1.82) is 0 Å². The number of para-hydroxylation sites is 1. The van der Waals surface area contributed by atoms with Crippen molar-refractivity contribution in [1.82, 2.24) is 5.32 Å². The van der Waals surface area contributed by atoms with Crippen LogP contribution in [0.15, 0.2) is 47.4 Å². The molecule has 0 saturated carbocycles. The molecule has 0 unspecified atom stereocenters. The Morgan fingerprint density at radius 1 is 1.00 bits per heavy atom. The van der Waals surface area contributed by atoms with Crippen molar-refractivity contribution in [3.05, 3.63) is 48.0 Å². The molecule has 0 radical (unpaired) electrons. The minimum absolute atomic E-state index is 0.0464. The minimum atomic E-state index is -4.11. The highest BCUT2D eigenvalue weighted by molar-refractivity contribution is 7.92. The Kier molecular flexibility index (Phi) is 7.63. The molecule has 0 spiro atoms. The number of nitrogens with one attached hydrogen (secondary N) is 3. The Morgan fingerprint density at radius 3 is 2.25 bits per heavy atom. The second-order valence-corrected chi connectivity index (χ2v) is 9.73. The third-order valence-electron chi connectivity index (χ3n) is 4.45. The van der Waals surface area contributed by atoms with Gasteiger partial charge in [0.1, 0.15) is 5.75 Å². The lowest BCUT2D eigenvalue weighted by molar-refractivity contribution is -0.125. The highest BCUT2D eigenvalue weighted by atomic mass is 32.2. The summed E-state index contributed by atoms with van der Waals surface area (Å²) in [5, 5.41) is 5.05. The van der Waals surface area contributed by atoms with Gasteiger partial charge in [-0.05, 0) is 30.3 Å². The standard InChI is InChI=1S/C22H27N3O6S/c1-14(26)24-18-12-15(10-11-19(18)31-5)32(29,30)25-17-9-7-6-8-16(17)21(28)23-13-20(27)22(2,3)4/h6-12,25H,13H2,1-5H3,(H,23,28)(H,24,26). The van der Waals surface area contributed by atoms with Gasteiger partial charge in [0.2, 0.25) is 5.91 Å². The van der Waals surface area contributed by atoms with Crippen LogP contribution in [-0.2, 0) is 19.6 Å². The highest BCUT2D eigenvalue weighted by Gasteiger charge is 2.23. The second-order valence-electron chi connectivity index (χ2n) is 8.05. The van der Waals surface area contributed by atoms with Crippen molar-refractivity contribution in [2.24, 2.45) is 5.41 Å². The Bertz CT molecular complexity index is 1140. The van der Waals surface area contributed by atoms with Gasteiger partial charge in [-0.15, -0.1) is 0 Å². The number of sulfonamides is 1. The first-order valence-corrected chi connectivity index (χ1v) is 11.2. The third-order valence-corrected chi connectivity index (χ3v) is 5.82. The molecule has 0 saturated heterocycles. The maximum absolute atomic E-state index is 13.0. The van der Waals surface area contributed by atoms with Gasteiger partial charge in [-0.2, -0.15) is 0 Å². The number of Topliss-reactive ketones (excluding diaryl/α,β-unsaturated/α-hetero) is 1. The molecule has 2 amide bonds. The summed E-state index contributed by atoms with van der Waals surface area (Å²) < 4.78 is 33.5. The van der Waals surface area contributed by atoms with Gasteiger partial charge >= 0.3 is 0 Å². The van der Waals surface area contributed by atoms with Crippen LogP contribution in [-0.4, -0.2) is 39.7 Å². The number of benzene rings is 2. The Balaban J connectivity index is 2.30. The lowest BCUT2D eigenvalue weighted by atomic mass is 9.91. The fourth-order valence-electron chi connectivity index (χ4n) is 2.64. The summed E-state index contributed by atoms with van der Waals surface area (Å²) in [7, 11) is -2.72. The molecule has 0 aliphatic carbocycles. The molecule has 0 fully saturated rings. The molecule has 172 valence electrons. The highest BCUT2D eigenvalue weighted by Crippen LogP contribution is 2.29. The fourth-order valence-corrected chi connectivity index (χ4v) is 3.74. The summed E-state index contributed by atoms with van der Waals surface area (Å²) in [4.78, 5) is 36.0. The van der Waals surface area contributed by atoms with Crippen molar-refractivity contribution in [3.8, 4) is 5.75 Å². The average Bonchev–Trinajstić information content (AvgIpc) is 2.70. The zero-order chi connectivity index (χ0) is 24.1. The normalized spacial score (nSPS) is 11.4. The predicted octanol–water partition coefficient (Wildman–Crippen LogP) is 2.80. The first-order valence-electron chi connectivity index (χ1n) is 9.74. The molecular weight excluding hydrogens is 434 g/mol. The number of hydrogen-bond acceptors (Lipinski definition) is 6. The van der Waals surface area contributed by atoms with Gasteiger partial charge in [-0.1, -0.05) is 32.9 Å². The van der Waals surface area contributed by atoms with Gasteiger partial charge < -0.3 is 15.4 Å². The van der Waals surface area contributed by atoms with Crippen LogP contribution in [0.3, 0.4) is 0 Å². The summed E-state index contributed by atoms with van der Waals surface area (Å²) >= 11 is 0. The molecular formula is C22H27N3O6S. The number of rotatable bonds is 8. The minimum Gasteiger partial charge on any atom is -0.495 e. The number of carbonyl (C=O) groups excluding carboxylic acids is 3. The van der Waals surface area contributed by atoms with Crippen molar-refractivity contribution < 1.29 is 27.5 Å². The topological polar surface area (TPSA) is 131 Å². The SMILES string of the molecule is COc1ccc(S(=O)(=O)Nc2ccccc2C(=O)NCC(=O)C(C)(C)C)cc1NC(C)=O. The van der Waals surface area contributed by atoms with E-state index in [-0.39, 0.29) is 34.2 Å². The molecule has 0 aromatic heterocycles. The van der Waals surface area contributed by atoms with Crippen molar-refractivity contribution in [3.63, 3.8) is 0 Å². The fraction of sp³-hybridized carbons (Fsp3) is 0.318. The quantitative estimate of drug-likeness (QED) is 0.554. The molecule has 0 bridgehead atoms. The molecule has 0 atom stereocenters. The smallest absolute Gasteiger partial charge is 0.261 e. The Hall–Kier alpha value is -3.40. The van der Waals surface area contributed by atoms with E-state index in [0.29, 0.717) is 5.75 Å². The van der Waals surface area contributed by atoms with Crippen LogP contribution < -0.4 is 20.1 Å². The number of methoxy groups -OCH3 is 1. The van der Waals surface area contributed by atoms with Crippen LogP contribution in [0.25, 0.3) is 0 Å². The molecule has 2 aromatic carbocycles. The summed E-state index contributed by atoms with van der Waals surface area (Å²) in [5.74, 6) is -0.845. The van der Waals surface area contributed by atoms with Crippen LogP contribution in [0, 0.1) is 5.41 Å². The monoisotopic (exact) mass is 461 g/mol. The van der Waals surface area contributed by atoms with E-state index in [1.807, 2.05) is 0 Å². The first kappa shape index (κ1) is 24.9. The second kappa shape index (κ2) is 9.82. The van der Waals surface area contributed by atoms with Crippen molar-refractivity contribution in [2.75, 3.05) is 23.7 Å². The van der Waals surface area contributed by atoms with Crippen LogP contribution in [0.2, 0.25) is 0 Å². The van der Waals surface area contributed by atoms with E-state index < -0.39 is 27.3 Å². The molecule has 0 aliphatic heterocycles. The molecule has 32 heavy (non-hydrogen) atoms. The van der Waals surface area contributed by atoms with E-state index >= 15 is 0 Å². The molecule has 3 N–H and O–H groups in total. The van der Waals surface area contributed by atoms with Crippen molar-refractivity contribution >= 4 is 39.0 Å². The van der Waals surface area contributed by atoms with E-state index in [9.17, 15) is 22.8 Å². The van der Waals surface area contributed by atoms with E-state index in [0.717, 1.165) is 0 Å². The van der Waals surface area contributed by atoms with Gasteiger partial charge in [-0.25, -0.2) is 8.42 Å². The van der Waals surface area contributed by atoms with Gasteiger partial charge in [0.15, 0.2) is 5.78 Å². The molecule has 10 heteroatoms. The van der Waals surface area contributed by atoms with Gasteiger partial charge in [0, 0.05) is 12.3 Å². The number of ether oxygens (including phenoxy) is 1. The Labute approximate surface area is 187 Å². The summed E-state index contributed by atoms with van der Waals surface area (Å²) in [6.07, 6.45) is 0. The number of ketones is 1. The van der Waals surface area contributed by atoms with E-state index in [4.69, 9.17) is 4.74 Å². The maximum Gasteiger partial charge on any atom is 0.261 e. The number of anilines is 2. The van der Waals surface area contributed by atoms with Crippen molar-refractivity contribution in [2.45, 2.75) is 32.6 Å². The van der Waals surface area contributed by atoms with Gasteiger partial charge in [-0.3, -0.25) is 19.1 Å². The lowest BCUT2D eigenvalue weighted by Crippen LogP contribution is -2.35. The maximum atomic E-state index is 13.0. The van der Waals surface area contributed by atoms with Crippen LogP contribution >= 0.6 is 0 Å². The predicted molar refractivity (Wildman–Crippen MR) is 121 cm³/mol. The van der Waals surface area contributed by atoms with Crippen LogP contribution in [0.1, 0.15) is 38.1 Å². The molecule has 2 aromatic rings. The first-order chi connectivity index (χ1) is 14.8. The van der Waals surface area contributed by atoms with E-state index in [1.54, 1.807) is 32.9 Å². The number of carbonyl (C=O) groups is 3. The summed E-state index contributed by atoms with van der Waals surface area (Å²) in [6.45, 7) is 6.34.